The minimum absolute atomic E-state index is 0.0993. The summed E-state index contributed by atoms with van der Waals surface area (Å²) in [6.07, 6.45) is 0.899. The van der Waals surface area contributed by atoms with Crippen LogP contribution in [0.1, 0.15) is 16.2 Å². The number of carbonyl (C=O) groups is 1. The van der Waals surface area contributed by atoms with E-state index in [9.17, 15) is 17.6 Å². The molecule has 1 amide bonds. The summed E-state index contributed by atoms with van der Waals surface area (Å²) in [5.41, 5.74) is 3.78. The Morgan fingerprint density at radius 3 is 2.44 bits per heavy atom. The van der Waals surface area contributed by atoms with Gasteiger partial charge in [-0.2, -0.15) is 5.10 Å². The first-order valence-electron chi connectivity index (χ1n) is 11.3. The second-order valence-corrected chi connectivity index (χ2v) is 10.3. The number of ether oxygens (including phenoxy) is 1. The molecule has 3 heterocycles. The van der Waals surface area contributed by atoms with Gasteiger partial charge in [-0.25, -0.2) is 27.2 Å². The lowest BCUT2D eigenvalue weighted by Gasteiger charge is -2.29. The number of hydrogen-bond donors (Lipinski definition) is 1. The first kappa shape index (κ1) is 23.9. The topological polar surface area (TPSA) is 106 Å². The number of pyridine rings is 1. The minimum atomic E-state index is -3.81. The lowest BCUT2D eigenvalue weighted by atomic mass is 10.0. The summed E-state index contributed by atoms with van der Waals surface area (Å²) in [7, 11) is -3.81. The first-order chi connectivity index (χ1) is 17.2. The van der Waals surface area contributed by atoms with Crippen LogP contribution in [0.3, 0.4) is 0 Å². The second kappa shape index (κ2) is 9.32. The van der Waals surface area contributed by atoms with Gasteiger partial charge in [-0.3, -0.25) is 4.79 Å². The minimum Gasteiger partial charge on any atom is -0.378 e. The van der Waals surface area contributed by atoms with Crippen molar-refractivity contribution >= 4 is 32.7 Å². The van der Waals surface area contributed by atoms with Gasteiger partial charge in [0.05, 0.1) is 36.2 Å². The number of hydrogen-bond acceptors (Lipinski definition) is 7. The highest BCUT2D eigenvalue weighted by Crippen LogP contribution is 2.33. The molecule has 1 aliphatic rings. The number of aromatic nitrogens is 3. The van der Waals surface area contributed by atoms with Crippen LogP contribution in [0.4, 0.5) is 10.1 Å². The molecule has 1 N–H and O–H groups in total. The average Bonchev–Trinajstić information content (AvgIpc) is 3.19. The zero-order valence-corrected chi connectivity index (χ0v) is 20.5. The quantitative estimate of drug-likeness (QED) is 0.441. The molecule has 36 heavy (non-hydrogen) atoms. The van der Waals surface area contributed by atoms with Gasteiger partial charge in [-0.05, 0) is 54.4 Å². The van der Waals surface area contributed by atoms with E-state index in [0.29, 0.717) is 41.2 Å². The van der Waals surface area contributed by atoms with Crippen molar-refractivity contribution in [1.82, 2.24) is 19.5 Å². The number of amides is 1. The average molecular weight is 510 g/mol. The van der Waals surface area contributed by atoms with Crippen LogP contribution in [-0.4, -0.2) is 61.6 Å². The van der Waals surface area contributed by atoms with Gasteiger partial charge in [0.25, 0.3) is 5.91 Å². The van der Waals surface area contributed by atoms with E-state index in [0.717, 1.165) is 30.6 Å². The molecule has 0 atom stereocenters. The Bertz CT molecular complexity index is 1560. The summed E-state index contributed by atoms with van der Waals surface area (Å²) in [6, 6.07) is 15.3. The molecule has 0 radical (unpaired) electrons. The van der Waals surface area contributed by atoms with Crippen molar-refractivity contribution in [2.45, 2.75) is 6.92 Å². The van der Waals surface area contributed by atoms with Crippen molar-refractivity contribution < 1.29 is 22.3 Å². The number of sulfonamides is 1. The van der Waals surface area contributed by atoms with Gasteiger partial charge >= 0.3 is 0 Å². The number of fused-ring (bicyclic) bond motifs is 1. The van der Waals surface area contributed by atoms with Crippen LogP contribution < -0.4 is 9.62 Å². The number of anilines is 1. The Labute approximate surface area is 207 Å². The molecule has 0 bridgehead atoms. The standard InChI is InChI=1S/C25H24FN5O4S/c1-16-23-21(17-6-8-19(9-7-17)30-10-12-35-13-11-30)15-22(25(32)29-36(2,33)34)27-24(23)31(28-16)20-5-3-4-18(26)14-20/h3-9,14-15H,10-13H2,1-2H3,(H,29,32). The summed E-state index contributed by atoms with van der Waals surface area (Å²) in [6.45, 7) is 4.75. The third kappa shape index (κ3) is 4.79. The molecule has 2 aromatic heterocycles. The lowest BCUT2D eigenvalue weighted by Crippen LogP contribution is -2.36. The van der Waals surface area contributed by atoms with Crippen LogP contribution in [0, 0.1) is 12.7 Å². The van der Waals surface area contributed by atoms with Crippen molar-refractivity contribution in [3.05, 3.63) is 71.8 Å². The zero-order chi connectivity index (χ0) is 25.4. The Balaban J connectivity index is 1.68. The summed E-state index contributed by atoms with van der Waals surface area (Å²) < 4.78 is 46.3. The first-order valence-corrected chi connectivity index (χ1v) is 13.2. The van der Waals surface area contributed by atoms with Gasteiger partial charge in [0.1, 0.15) is 11.5 Å². The van der Waals surface area contributed by atoms with Crippen molar-refractivity contribution in [1.29, 1.82) is 0 Å². The van der Waals surface area contributed by atoms with E-state index in [1.165, 1.54) is 16.8 Å². The lowest BCUT2D eigenvalue weighted by molar-refractivity contribution is 0.0977. The molecular weight excluding hydrogens is 485 g/mol. The summed E-state index contributed by atoms with van der Waals surface area (Å²) >= 11 is 0. The summed E-state index contributed by atoms with van der Waals surface area (Å²) in [5.74, 6) is -1.31. The number of carbonyl (C=O) groups excluding carboxylic acids is 1. The molecule has 1 aliphatic heterocycles. The molecule has 2 aromatic carbocycles. The maximum absolute atomic E-state index is 14.0. The Morgan fingerprint density at radius 1 is 1.06 bits per heavy atom. The maximum atomic E-state index is 14.0. The van der Waals surface area contributed by atoms with Crippen LogP contribution in [-0.2, 0) is 14.8 Å². The van der Waals surface area contributed by atoms with Gasteiger partial charge in [0, 0.05) is 18.8 Å². The fourth-order valence-corrected chi connectivity index (χ4v) is 4.76. The Hall–Kier alpha value is -3.83. The molecule has 186 valence electrons. The van der Waals surface area contributed by atoms with Crippen molar-refractivity contribution in [3.8, 4) is 16.8 Å². The molecule has 9 nitrogen and oxygen atoms in total. The largest absolute Gasteiger partial charge is 0.378 e. The van der Waals surface area contributed by atoms with Gasteiger partial charge < -0.3 is 9.64 Å². The number of morpholine rings is 1. The van der Waals surface area contributed by atoms with Crippen LogP contribution >= 0.6 is 0 Å². The monoisotopic (exact) mass is 509 g/mol. The SMILES string of the molecule is Cc1nn(-c2cccc(F)c2)c2nc(C(=O)NS(C)(=O)=O)cc(-c3ccc(N4CCOCC4)cc3)c12. The predicted octanol–water partition coefficient (Wildman–Crippen LogP) is 3.06. The zero-order valence-electron chi connectivity index (χ0n) is 19.7. The second-order valence-electron chi connectivity index (χ2n) is 8.58. The molecule has 0 unspecified atom stereocenters. The highest BCUT2D eigenvalue weighted by molar-refractivity contribution is 7.89. The van der Waals surface area contributed by atoms with Gasteiger partial charge in [0.15, 0.2) is 5.65 Å². The number of halogens is 1. The molecule has 1 fully saturated rings. The smallest absolute Gasteiger partial charge is 0.283 e. The van der Waals surface area contributed by atoms with E-state index in [4.69, 9.17) is 4.74 Å². The fourth-order valence-electron chi connectivity index (χ4n) is 4.31. The number of nitrogens with one attached hydrogen (secondary N) is 1. The third-order valence-corrected chi connectivity index (χ3v) is 6.49. The fraction of sp³-hybridized carbons (Fsp3) is 0.240. The predicted molar refractivity (Wildman–Crippen MR) is 134 cm³/mol. The molecule has 0 saturated carbocycles. The molecular formula is C25H24FN5O4S. The molecule has 0 aliphatic carbocycles. The van der Waals surface area contributed by atoms with Gasteiger partial charge in [-0.15, -0.1) is 0 Å². The Morgan fingerprint density at radius 2 is 1.78 bits per heavy atom. The van der Waals surface area contributed by atoms with Crippen molar-refractivity contribution in [2.24, 2.45) is 0 Å². The highest BCUT2D eigenvalue weighted by Gasteiger charge is 2.22. The van der Waals surface area contributed by atoms with Crippen LogP contribution in [0.5, 0.6) is 0 Å². The third-order valence-electron chi connectivity index (χ3n) is 5.93. The molecule has 4 aromatic rings. The molecule has 5 rings (SSSR count). The van der Waals surface area contributed by atoms with E-state index in [1.807, 2.05) is 35.9 Å². The van der Waals surface area contributed by atoms with E-state index in [-0.39, 0.29) is 5.69 Å². The molecule has 11 heteroatoms. The van der Waals surface area contributed by atoms with Crippen molar-refractivity contribution in [2.75, 3.05) is 37.5 Å². The molecule has 0 spiro atoms. The summed E-state index contributed by atoms with van der Waals surface area (Å²) in [5, 5.41) is 5.24. The van der Waals surface area contributed by atoms with E-state index in [1.54, 1.807) is 18.2 Å². The number of nitrogens with zero attached hydrogens (tertiary/aromatic N) is 4. The summed E-state index contributed by atoms with van der Waals surface area (Å²) in [4.78, 5) is 19.5. The number of benzene rings is 2. The van der Waals surface area contributed by atoms with Gasteiger partial charge in [-0.1, -0.05) is 18.2 Å². The maximum Gasteiger partial charge on any atom is 0.283 e. The van der Waals surface area contributed by atoms with E-state index < -0.39 is 21.7 Å². The van der Waals surface area contributed by atoms with Crippen LogP contribution in [0.15, 0.2) is 54.6 Å². The van der Waals surface area contributed by atoms with Crippen LogP contribution in [0.25, 0.3) is 27.8 Å². The van der Waals surface area contributed by atoms with Crippen molar-refractivity contribution in [3.63, 3.8) is 0 Å². The molecule has 1 saturated heterocycles. The van der Waals surface area contributed by atoms with E-state index in [2.05, 4.69) is 15.0 Å². The van der Waals surface area contributed by atoms with Crippen LogP contribution in [0.2, 0.25) is 0 Å². The normalized spacial score (nSPS) is 14.2. The number of aryl methyl sites for hydroxylation is 1. The Kier molecular flexibility index (Phi) is 6.19. The number of rotatable bonds is 5. The highest BCUT2D eigenvalue weighted by atomic mass is 32.2. The van der Waals surface area contributed by atoms with Gasteiger partial charge in [0.2, 0.25) is 10.0 Å². The van der Waals surface area contributed by atoms with E-state index >= 15 is 0 Å².